The van der Waals surface area contributed by atoms with Gasteiger partial charge in [0.15, 0.2) is 5.82 Å². The molecule has 0 amide bonds. The van der Waals surface area contributed by atoms with Crippen LogP contribution in [0, 0.1) is 0 Å². The normalized spacial score (nSPS) is 19.9. The van der Waals surface area contributed by atoms with E-state index in [4.69, 9.17) is 4.74 Å². The Bertz CT molecular complexity index is 727. The Kier molecular flexibility index (Phi) is 6.00. The molecular weight excluding hydrogens is 336 g/mol. The third-order valence-electron chi connectivity index (χ3n) is 5.92. The van der Waals surface area contributed by atoms with Gasteiger partial charge in [-0.15, -0.1) is 0 Å². The fourth-order valence-electron chi connectivity index (χ4n) is 4.45. The Morgan fingerprint density at radius 3 is 2.52 bits per heavy atom. The highest BCUT2D eigenvalue weighted by atomic mass is 16.5. The van der Waals surface area contributed by atoms with Gasteiger partial charge in [-0.3, -0.25) is 9.80 Å². The van der Waals surface area contributed by atoms with E-state index in [1.54, 1.807) is 7.11 Å². The van der Waals surface area contributed by atoms with Gasteiger partial charge in [0.25, 0.3) is 0 Å². The average Bonchev–Trinajstić information content (AvgIpc) is 3.16. The fourth-order valence-corrected chi connectivity index (χ4v) is 4.45. The van der Waals surface area contributed by atoms with Crippen LogP contribution in [0.5, 0.6) is 5.75 Å². The quantitative estimate of drug-likeness (QED) is 0.809. The first-order chi connectivity index (χ1) is 13.3. The lowest BCUT2D eigenvalue weighted by Gasteiger charge is -2.27. The molecule has 2 aromatic rings. The molecule has 2 aliphatic rings. The SMILES string of the molecule is COc1ccccc1-c1ncc(CN2CCCN(C3CCCC3)CC2)cn1. The minimum Gasteiger partial charge on any atom is -0.496 e. The lowest BCUT2D eigenvalue weighted by Crippen LogP contribution is -2.36. The Hall–Kier alpha value is -1.98. The maximum absolute atomic E-state index is 5.42. The number of rotatable bonds is 5. The lowest BCUT2D eigenvalue weighted by molar-refractivity contribution is 0.198. The van der Waals surface area contributed by atoms with E-state index < -0.39 is 0 Å². The van der Waals surface area contributed by atoms with Crippen LogP contribution >= 0.6 is 0 Å². The van der Waals surface area contributed by atoms with Crippen LogP contribution in [0.3, 0.4) is 0 Å². The molecule has 4 rings (SSSR count). The Morgan fingerprint density at radius 1 is 0.963 bits per heavy atom. The number of hydrogen-bond donors (Lipinski definition) is 0. The van der Waals surface area contributed by atoms with E-state index in [1.807, 2.05) is 36.7 Å². The molecule has 1 saturated heterocycles. The van der Waals surface area contributed by atoms with Crippen molar-refractivity contribution >= 4 is 0 Å². The van der Waals surface area contributed by atoms with Crippen molar-refractivity contribution < 1.29 is 4.74 Å². The van der Waals surface area contributed by atoms with Gasteiger partial charge in [0.1, 0.15) is 5.75 Å². The topological polar surface area (TPSA) is 41.5 Å². The summed E-state index contributed by atoms with van der Waals surface area (Å²) in [6, 6.07) is 8.74. The molecule has 0 N–H and O–H groups in total. The summed E-state index contributed by atoms with van der Waals surface area (Å²) < 4.78 is 5.42. The smallest absolute Gasteiger partial charge is 0.162 e. The van der Waals surface area contributed by atoms with Crippen LogP contribution in [-0.2, 0) is 6.54 Å². The van der Waals surface area contributed by atoms with Gasteiger partial charge >= 0.3 is 0 Å². The number of ether oxygens (including phenoxy) is 1. The number of nitrogens with zero attached hydrogens (tertiary/aromatic N) is 4. The van der Waals surface area contributed by atoms with Crippen LogP contribution in [0.15, 0.2) is 36.7 Å². The van der Waals surface area contributed by atoms with Crippen LogP contribution in [-0.4, -0.2) is 59.1 Å². The van der Waals surface area contributed by atoms with Crippen LogP contribution in [0.2, 0.25) is 0 Å². The molecule has 0 spiro atoms. The number of hydrogen-bond acceptors (Lipinski definition) is 5. The molecular formula is C22H30N4O. The predicted molar refractivity (Wildman–Crippen MR) is 108 cm³/mol. The van der Waals surface area contributed by atoms with E-state index in [2.05, 4.69) is 19.8 Å². The van der Waals surface area contributed by atoms with Gasteiger partial charge in [-0.2, -0.15) is 0 Å². The van der Waals surface area contributed by atoms with Gasteiger partial charge in [-0.05, 0) is 44.5 Å². The van der Waals surface area contributed by atoms with Crippen molar-refractivity contribution in [2.75, 3.05) is 33.3 Å². The van der Waals surface area contributed by atoms with Crippen molar-refractivity contribution in [1.29, 1.82) is 0 Å². The van der Waals surface area contributed by atoms with Gasteiger partial charge < -0.3 is 4.74 Å². The second kappa shape index (κ2) is 8.81. The van der Waals surface area contributed by atoms with E-state index in [9.17, 15) is 0 Å². The van der Waals surface area contributed by atoms with Gasteiger partial charge in [0.05, 0.1) is 12.7 Å². The highest BCUT2D eigenvalue weighted by molar-refractivity contribution is 5.63. The van der Waals surface area contributed by atoms with Gasteiger partial charge in [-0.1, -0.05) is 25.0 Å². The molecule has 0 bridgehead atoms. The number of para-hydroxylation sites is 1. The zero-order valence-corrected chi connectivity index (χ0v) is 16.3. The summed E-state index contributed by atoms with van der Waals surface area (Å²) >= 11 is 0. The Balaban J connectivity index is 1.37. The maximum Gasteiger partial charge on any atom is 0.162 e. The van der Waals surface area contributed by atoms with Crippen molar-refractivity contribution in [3.05, 3.63) is 42.2 Å². The van der Waals surface area contributed by atoms with E-state index >= 15 is 0 Å². The summed E-state index contributed by atoms with van der Waals surface area (Å²) in [5.74, 6) is 1.53. The largest absolute Gasteiger partial charge is 0.496 e. The molecule has 144 valence electrons. The minimum atomic E-state index is 0.722. The predicted octanol–water partition coefficient (Wildman–Crippen LogP) is 3.60. The Labute approximate surface area is 162 Å². The second-order valence-corrected chi connectivity index (χ2v) is 7.72. The molecule has 5 heteroatoms. The monoisotopic (exact) mass is 366 g/mol. The standard InChI is InChI=1S/C22H30N4O/c1-27-21-10-5-4-9-20(21)22-23-15-18(16-24-22)17-25-11-6-12-26(14-13-25)19-7-2-3-8-19/h4-5,9-10,15-16,19H,2-3,6-8,11-14,17H2,1H3. The maximum atomic E-state index is 5.42. The zero-order chi connectivity index (χ0) is 18.5. The van der Waals surface area contributed by atoms with E-state index in [0.29, 0.717) is 0 Å². The summed E-state index contributed by atoms with van der Waals surface area (Å²) in [6.45, 7) is 5.70. The number of aromatic nitrogens is 2. The highest BCUT2D eigenvalue weighted by Gasteiger charge is 2.24. The molecule has 0 atom stereocenters. The first-order valence-electron chi connectivity index (χ1n) is 10.2. The van der Waals surface area contributed by atoms with E-state index in [-0.39, 0.29) is 0 Å². The first-order valence-corrected chi connectivity index (χ1v) is 10.2. The summed E-state index contributed by atoms with van der Waals surface area (Å²) in [5, 5.41) is 0. The summed E-state index contributed by atoms with van der Waals surface area (Å²) in [6.07, 6.45) is 10.8. The van der Waals surface area contributed by atoms with Crippen molar-refractivity contribution in [3.8, 4) is 17.1 Å². The fraction of sp³-hybridized carbons (Fsp3) is 0.545. The van der Waals surface area contributed by atoms with Crippen molar-refractivity contribution in [3.63, 3.8) is 0 Å². The molecule has 1 aromatic carbocycles. The highest BCUT2D eigenvalue weighted by Crippen LogP contribution is 2.27. The molecule has 0 radical (unpaired) electrons. The summed E-state index contributed by atoms with van der Waals surface area (Å²) in [7, 11) is 1.68. The van der Waals surface area contributed by atoms with Crippen molar-refractivity contribution in [2.24, 2.45) is 0 Å². The van der Waals surface area contributed by atoms with Gasteiger partial charge in [-0.25, -0.2) is 9.97 Å². The van der Waals surface area contributed by atoms with Crippen molar-refractivity contribution in [2.45, 2.75) is 44.7 Å². The molecule has 1 aromatic heterocycles. The van der Waals surface area contributed by atoms with Crippen LogP contribution in [0.1, 0.15) is 37.7 Å². The molecule has 1 saturated carbocycles. The summed E-state index contributed by atoms with van der Waals surface area (Å²) in [5.41, 5.74) is 2.12. The van der Waals surface area contributed by atoms with Crippen molar-refractivity contribution in [1.82, 2.24) is 19.8 Å². The molecule has 2 heterocycles. The summed E-state index contributed by atoms with van der Waals surface area (Å²) in [4.78, 5) is 14.5. The Morgan fingerprint density at radius 2 is 1.74 bits per heavy atom. The first kappa shape index (κ1) is 18.4. The minimum absolute atomic E-state index is 0.722. The molecule has 2 fully saturated rings. The number of benzene rings is 1. The average molecular weight is 367 g/mol. The zero-order valence-electron chi connectivity index (χ0n) is 16.3. The number of methoxy groups -OCH3 is 1. The molecule has 1 aliphatic carbocycles. The molecule has 1 aliphatic heterocycles. The lowest BCUT2D eigenvalue weighted by atomic mass is 10.2. The van der Waals surface area contributed by atoms with Crippen LogP contribution in [0.4, 0.5) is 0 Å². The van der Waals surface area contributed by atoms with E-state index in [1.165, 1.54) is 50.8 Å². The molecule has 5 nitrogen and oxygen atoms in total. The molecule has 0 unspecified atom stereocenters. The third kappa shape index (κ3) is 4.47. The molecule has 27 heavy (non-hydrogen) atoms. The van der Waals surface area contributed by atoms with Gasteiger partial charge in [0, 0.05) is 43.6 Å². The third-order valence-corrected chi connectivity index (χ3v) is 5.92. The second-order valence-electron chi connectivity index (χ2n) is 7.72. The van der Waals surface area contributed by atoms with E-state index in [0.717, 1.165) is 42.8 Å². The van der Waals surface area contributed by atoms with Gasteiger partial charge in [0.2, 0.25) is 0 Å². The van der Waals surface area contributed by atoms with Crippen LogP contribution < -0.4 is 4.74 Å². The van der Waals surface area contributed by atoms with Crippen LogP contribution in [0.25, 0.3) is 11.4 Å².